The molecule has 1 aliphatic rings. The van der Waals surface area contributed by atoms with E-state index in [1.54, 1.807) is 0 Å². The number of ether oxygens (including phenoxy) is 1. The van der Waals surface area contributed by atoms with Crippen molar-refractivity contribution in [2.45, 2.75) is 51.0 Å². The number of nitrogens with zero attached hydrogens (tertiary/aromatic N) is 1. The van der Waals surface area contributed by atoms with Crippen molar-refractivity contribution in [3.05, 3.63) is 29.6 Å². The summed E-state index contributed by atoms with van der Waals surface area (Å²) in [6, 6.07) is 5.97. The number of para-hydroxylation sites is 1. The van der Waals surface area contributed by atoms with Gasteiger partial charge in [0.05, 0.1) is 18.1 Å². The summed E-state index contributed by atoms with van der Waals surface area (Å²) < 4.78 is 4.88. The highest BCUT2D eigenvalue weighted by Crippen LogP contribution is 2.31. The molecule has 6 heteroatoms. The highest BCUT2D eigenvalue weighted by molar-refractivity contribution is 5.88. The molecule has 0 aliphatic heterocycles. The van der Waals surface area contributed by atoms with Crippen LogP contribution in [-0.4, -0.2) is 34.5 Å². The molecule has 128 valence electrons. The number of methoxy groups -OCH3 is 1. The molecule has 1 aliphatic carbocycles. The summed E-state index contributed by atoms with van der Waals surface area (Å²) in [7, 11) is 1.37. The van der Waals surface area contributed by atoms with E-state index in [2.05, 4.69) is 15.3 Å². The van der Waals surface area contributed by atoms with E-state index in [0.29, 0.717) is 19.3 Å². The number of fused-ring (bicyclic) bond motifs is 1. The van der Waals surface area contributed by atoms with Gasteiger partial charge < -0.3 is 15.0 Å². The lowest BCUT2D eigenvalue weighted by atomic mass is 9.97. The number of nitrogens with one attached hydrogen (secondary N) is 2. The van der Waals surface area contributed by atoms with Crippen LogP contribution in [0.25, 0.3) is 11.0 Å². The van der Waals surface area contributed by atoms with Gasteiger partial charge in [-0.25, -0.2) is 9.78 Å². The summed E-state index contributed by atoms with van der Waals surface area (Å²) in [6.07, 6.45) is 3.95. The van der Waals surface area contributed by atoms with Gasteiger partial charge in [0, 0.05) is 12.8 Å². The van der Waals surface area contributed by atoms with Crippen molar-refractivity contribution in [1.29, 1.82) is 0 Å². The van der Waals surface area contributed by atoms with Crippen LogP contribution >= 0.6 is 0 Å². The van der Waals surface area contributed by atoms with Crippen molar-refractivity contribution in [2.24, 2.45) is 0 Å². The predicted octanol–water partition coefficient (Wildman–Crippen LogP) is 2.41. The molecular formula is C18H23N3O3. The van der Waals surface area contributed by atoms with E-state index in [4.69, 9.17) is 4.74 Å². The van der Waals surface area contributed by atoms with Crippen molar-refractivity contribution in [3.8, 4) is 0 Å². The van der Waals surface area contributed by atoms with Crippen LogP contribution in [0.2, 0.25) is 0 Å². The first-order chi connectivity index (χ1) is 11.5. The SMILES string of the molecule is COC(=O)C1(NC(=O)CCc2nc3c(C)cccc3[nH]2)CCCC1. The number of carbonyl (C=O) groups excluding carboxylic acids is 2. The first kappa shape index (κ1) is 16.5. The van der Waals surface area contributed by atoms with Crippen LogP contribution in [0.3, 0.4) is 0 Å². The number of imidazole rings is 1. The van der Waals surface area contributed by atoms with E-state index in [1.807, 2.05) is 25.1 Å². The summed E-state index contributed by atoms with van der Waals surface area (Å²) in [5.74, 6) is 0.306. The molecule has 1 aromatic carbocycles. The van der Waals surface area contributed by atoms with E-state index >= 15 is 0 Å². The normalized spacial score (nSPS) is 16.2. The largest absolute Gasteiger partial charge is 0.467 e. The van der Waals surface area contributed by atoms with Gasteiger partial charge in [-0.1, -0.05) is 25.0 Å². The molecular weight excluding hydrogens is 306 g/mol. The van der Waals surface area contributed by atoms with Crippen LogP contribution in [0.5, 0.6) is 0 Å². The molecule has 1 aromatic heterocycles. The summed E-state index contributed by atoms with van der Waals surface area (Å²) >= 11 is 0. The molecule has 0 spiro atoms. The molecule has 3 rings (SSSR count). The number of aryl methyl sites for hydroxylation is 2. The smallest absolute Gasteiger partial charge is 0.331 e. The summed E-state index contributed by atoms with van der Waals surface area (Å²) in [4.78, 5) is 32.2. The Kier molecular flexibility index (Phi) is 4.55. The summed E-state index contributed by atoms with van der Waals surface area (Å²) in [5, 5.41) is 2.90. The molecule has 2 N–H and O–H groups in total. The zero-order chi connectivity index (χ0) is 17.2. The van der Waals surface area contributed by atoms with Gasteiger partial charge in [0.15, 0.2) is 0 Å². The highest BCUT2D eigenvalue weighted by atomic mass is 16.5. The van der Waals surface area contributed by atoms with Gasteiger partial charge in [-0.3, -0.25) is 4.79 Å². The maximum atomic E-state index is 12.3. The molecule has 6 nitrogen and oxygen atoms in total. The number of hydrogen-bond donors (Lipinski definition) is 2. The zero-order valence-corrected chi connectivity index (χ0v) is 14.1. The van der Waals surface area contributed by atoms with Gasteiger partial charge in [-0.2, -0.15) is 0 Å². The molecule has 24 heavy (non-hydrogen) atoms. The van der Waals surface area contributed by atoms with Gasteiger partial charge >= 0.3 is 5.97 Å². The van der Waals surface area contributed by atoms with Crippen LogP contribution in [0.1, 0.15) is 43.5 Å². The van der Waals surface area contributed by atoms with Crippen LogP contribution in [0, 0.1) is 6.92 Å². The fraction of sp³-hybridized carbons (Fsp3) is 0.500. The van der Waals surface area contributed by atoms with Gasteiger partial charge in [0.1, 0.15) is 11.4 Å². The average Bonchev–Trinajstić information content (AvgIpc) is 3.20. The van der Waals surface area contributed by atoms with Crippen molar-refractivity contribution < 1.29 is 14.3 Å². The second-order valence-corrected chi connectivity index (χ2v) is 6.48. The van der Waals surface area contributed by atoms with Crippen molar-refractivity contribution in [3.63, 3.8) is 0 Å². The van der Waals surface area contributed by atoms with Crippen molar-refractivity contribution >= 4 is 22.9 Å². The topological polar surface area (TPSA) is 84.1 Å². The average molecular weight is 329 g/mol. The number of aromatic amines is 1. The summed E-state index contributed by atoms with van der Waals surface area (Å²) in [6.45, 7) is 2.01. The van der Waals surface area contributed by atoms with Gasteiger partial charge in [0.25, 0.3) is 0 Å². The standard InChI is InChI=1S/C18H23N3O3/c1-12-6-5-7-13-16(12)20-14(19-13)8-9-15(22)21-18(17(23)24-2)10-3-4-11-18/h5-7H,3-4,8-11H2,1-2H3,(H,19,20)(H,21,22). The number of H-pyrrole nitrogens is 1. The third-order valence-electron chi connectivity index (χ3n) is 4.76. The van der Waals surface area contributed by atoms with E-state index in [9.17, 15) is 9.59 Å². The highest BCUT2D eigenvalue weighted by Gasteiger charge is 2.43. The minimum absolute atomic E-state index is 0.139. The van der Waals surface area contributed by atoms with Crippen molar-refractivity contribution in [1.82, 2.24) is 15.3 Å². The molecule has 0 saturated heterocycles. The maximum Gasteiger partial charge on any atom is 0.331 e. The number of hydrogen-bond acceptors (Lipinski definition) is 4. The third-order valence-corrected chi connectivity index (χ3v) is 4.76. The molecule has 1 amide bonds. The lowest BCUT2D eigenvalue weighted by Gasteiger charge is -2.27. The van der Waals surface area contributed by atoms with Crippen LogP contribution < -0.4 is 5.32 Å². The molecule has 1 saturated carbocycles. The molecule has 0 unspecified atom stereocenters. The lowest BCUT2D eigenvalue weighted by Crippen LogP contribution is -2.53. The fourth-order valence-electron chi connectivity index (χ4n) is 3.46. The monoisotopic (exact) mass is 329 g/mol. The van der Waals surface area contributed by atoms with Crippen molar-refractivity contribution in [2.75, 3.05) is 7.11 Å². The Morgan fingerprint density at radius 1 is 1.33 bits per heavy atom. The minimum Gasteiger partial charge on any atom is -0.467 e. The Morgan fingerprint density at radius 3 is 2.75 bits per heavy atom. The zero-order valence-electron chi connectivity index (χ0n) is 14.1. The van der Waals surface area contributed by atoms with Crippen LogP contribution in [0.15, 0.2) is 18.2 Å². The number of rotatable bonds is 5. The first-order valence-electron chi connectivity index (χ1n) is 8.38. The molecule has 2 aromatic rings. The van der Waals surface area contributed by atoms with Crippen LogP contribution in [0.4, 0.5) is 0 Å². The van der Waals surface area contributed by atoms with Gasteiger partial charge in [-0.05, 0) is 31.4 Å². The molecule has 1 heterocycles. The van der Waals surface area contributed by atoms with Crippen LogP contribution in [-0.2, 0) is 20.7 Å². The quantitative estimate of drug-likeness (QED) is 0.825. The van der Waals surface area contributed by atoms with E-state index < -0.39 is 5.54 Å². The summed E-state index contributed by atoms with van der Waals surface area (Å²) in [5.41, 5.74) is 2.19. The first-order valence-corrected chi connectivity index (χ1v) is 8.38. The fourth-order valence-corrected chi connectivity index (χ4v) is 3.46. The molecule has 0 bridgehead atoms. The number of carbonyl (C=O) groups is 2. The number of aromatic nitrogens is 2. The molecule has 1 fully saturated rings. The van der Waals surface area contributed by atoms with E-state index in [-0.39, 0.29) is 18.3 Å². The lowest BCUT2D eigenvalue weighted by molar-refractivity contribution is -0.150. The Hall–Kier alpha value is -2.37. The molecule has 0 radical (unpaired) electrons. The Labute approximate surface area is 141 Å². The number of esters is 1. The molecule has 0 atom stereocenters. The minimum atomic E-state index is -0.837. The van der Waals surface area contributed by atoms with Gasteiger partial charge in [-0.15, -0.1) is 0 Å². The second kappa shape index (κ2) is 6.63. The van der Waals surface area contributed by atoms with E-state index in [1.165, 1.54) is 7.11 Å². The number of benzene rings is 1. The predicted molar refractivity (Wildman–Crippen MR) is 90.5 cm³/mol. The Bertz CT molecular complexity index is 760. The third kappa shape index (κ3) is 3.13. The second-order valence-electron chi connectivity index (χ2n) is 6.48. The Morgan fingerprint density at radius 2 is 2.08 bits per heavy atom. The maximum absolute atomic E-state index is 12.3. The van der Waals surface area contributed by atoms with E-state index in [0.717, 1.165) is 35.3 Å². The Balaban J connectivity index is 1.64. The number of amides is 1. The van der Waals surface area contributed by atoms with Gasteiger partial charge in [0.2, 0.25) is 5.91 Å².